The van der Waals surface area contributed by atoms with Gasteiger partial charge in [0, 0.05) is 43.2 Å². The van der Waals surface area contributed by atoms with Crippen molar-refractivity contribution in [3.05, 3.63) is 106 Å². The predicted molar refractivity (Wildman–Crippen MR) is 129 cm³/mol. The van der Waals surface area contributed by atoms with Crippen molar-refractivity contribution in [1.29, 1.82) is 0 Å². The van der Waals surface area contributed by atoms with Crippen molar-refractivity contribution in [2.75, 3.05) is 14.1 Å². The van der Waals surface area contributed by atoms with Gasteiger partial charge in [0.05, 0.1) is 0 Å². The molecule has 0 saturated carbocycles. The van der Waals surface area contributed by atoms with E-state index in [4.69, 9.17) is 11.6 Å². The van der Waals surface area contributed by atoms with Gasteiger partial charge in [-0.1, -0.05) is 54.1 Å². The lowest BCUT2D eigenvalue weighted by molar-refractivity contribution is -0.132. The molecule has 3 rings (SSSR count). The highest BCUT2D eigenvalue weighted by molar-refractivity contribution is 6.30. The number of benzene rings is 3. The Morgan fingerprint density at radius 2 is 1.39 bits per heavy atom. The van der Waals surface area contributed by atoms with Crippen molar-refractivity contribution >= 4 is 29.3 Å². The molecular formula is C26H26ClN3O3. The number of carbonyl (C=O) groups excluding carboxylic acids is 3. The lowest BCUT2D eigenvalue weighted by atomic mass is 10.0. The maximum Gasteiger partial charge on any atom is 0.251 e. The zero-order valence-corrected chi connectivity index (χ0v) is 19.3. The highest BCUT2D eigenvalue weighted by Gasteiger charge is 2.25. The molecular weight excluding hydrogens is 438 g/mol. The third-order valence-electron chi connectivity index (χ3n) is 5.23. The second-order valence-electron chi connectivity index (χ2n) is 7.69. The molecule has 3 aromatic rings. The summed E-state index contributed by atoms with van der Waals surface area (Å²) in [4.78, 5) is 39.4. The average Bonchev–Trinajstić information content (AvgIpc) is 2.84. The van der Waals surface area contributed by atoms with Crippen molar-refractivity contribution in [3.8, 4) is 0 Å². The summed E-state index contributed by atoms with van der Waals surface area (Å²) < 4.78 is 0. The van der Waals surface area contributed by atoms with Gasteiger partial charge in [-0.2, -0.15) is 0 Å². The van der Waals surface area contributed by atoms with E-state index >= 15 is 0 Å². The number of hydrogen-bond donors (Lipinski definition) is 2. The highest BCUT2D eigenvalue weighted by Crippen LogP contribution is 2.13. The fourth-order valence-corrected chi connectivity index (χ4v) is 3.54. The van der Waals surface area contributed by atoms with E-state index in [0.717, 1.165) is 11.1 Å². The zero-order valence-electron chi connectivity index (χ0n) is 18.5. The molecule has 0 spiro atoms. The Kier molecular flexibility index (Phi) is 8.22. The van der Waals surface area contributed by atoms with E-state index in [9.17, 15) is 14.4 Å². The lowest BCUT2D eigenvalue weighted by Gasteiger charge is -2.25. The summed E-state index contributed by atoms with van der Waals surface area (Å²) in [5.74, 6) is -0.723. The molecule has 0 aromatic heterocycles. The molecule has 0 aliphatic heterocycles. The van der Waals surface area contributed by atoms with E-state index in [0.29, 0.717) is 29.1 Å². The van der Waals surface area contributed by atoms with Crippen LogP contribution in [-0.4, -0.2) is 42.8 Å². The number of nitrogens with one attached hydrogen (secondary N) is 2. The van der Waals surface area contributed by atoms with Crippen LogP contribution in [0.25, 0.3) is 0 Å². The molecule has 7 heteroatoms. The van der Waals surface area contributed by atoms with E-state index in [1.807, 2.05) is 42.5 Å². The summed E-state index contributed by atoms with van der Waals surface area (Å²) in [6.45, 7) is 0.342. The Hall–Kier alpha value is -3.64. The molecule has 33 heavy (non-hydrogen) atoms. The van der Waals surface area contributed by atoms with Gasteiger partial charge in [0.1, 0.15) is 6.04 Å². The Morgan fingerprint density at radius 1 is 0.818 bits per heavy atom. The summed E-state index contributed by atoms with van der Waals surface area (Å²) in [6, 6.07) is 22.4. The van der Waals surface area contributed by atoms with Crippen LogP contribution in [0.1, 0.15) is 31.8 Å². The molecule has 1 atom stereocenters. The van der Waals surface area contributed by atoms with Gasteiger partial charge in [-0.3, -0.25) is 14.4 Å². The molecule has 0 unspecified atom stereocenters. The minimum Gasteiger partial charge on any atom is -0.355 e. The maximum absolute atomic E-state index is 13.3. The first kappa shape index (κ1) is 24.0. The summed E-state index contributed by atoms with van der Waals surface area (Å²) in [7, 11) is 3.27. The quantitative estimate of drug-likeness (QED) is 0.534. The first-order valence-corrected chi connectivity index (χ1v) is 10.9. The van der Waals surface area contributed by atoms with Gasteiger partial charge < -0.3 is 15.5 Å². The number of carbonyl (C=O) groups is 3. The third-order valence-corrected chi connectivity index (χ3v) is 5.48. The Labute approximate surface area is 198 Å². The normalized spacial score (nSPS) is 11.4. The molecule has 0 aliphatic carbocycles. The molecule has 6 nitrogen and oxygen atoms in total. The Balaban J connectivity index is 1.75. The Morgan fingerprint density at radius 3 is 2.00 bits per heavy atom. The molecule has 2 N–H and O–H groups in total. The lowest BCUT2D eigenvalue weighted by Crippen LogP contribution is -2.48. The molecule has 3 aromatic carbocycles. The molecule has 170 valence electrons. The average molecular weight is 464 g/mol. The van der Waals surface area contributed by atoms with Gasteiger partial charge in [0.25, 0.3) is 11.8 Å². The Bertz CT molecular complexity index is 1100. The van der Waals surface area contributed by atoms with Crippen LogP contribution >= 0.6 is 11.6 Å². The van der Waals surface area contributed by atoms with Crippen LogP contribution in [0, 0.1) is 0 Å². The summed E-state index contributed by atoms with van der Waals surface area (Å²) in [5.41, 5.74) is 2.79. The molecule has 0 fully saturated rings. The standard InChI is InChI=1S/C26H26ClN3O3/c1-28-24(31)20-10-8-19(9-11-20)17-30(2)26(33)23(16-18-6-4-3-5-7-18)29-25(32)21-12-14-22(27)15-13-21/h3-15,23H,16-17H2,1-2H3,(H,28,31)(H,29,32)/t23-/m0/s1. The highest BCUT2D eigenvalue weighted by atomic mass is 35.5. The van der Waals surface area contributed by atoms with Crippen LogP contribution in [0.15, 0.2) is 78.9 Å². The van der Waals surface area contributed by atoms with Gasteiger partial charge in [0.15, 0.2) is 0 Å². The van der Waals surface area contributed by atoms with Gasteiger partial charge >= 0.3 is 0 Å². The molecule has 0 heterocycles. The predicted octanol–water partition coefficient (Wildman–Crippen LogP) is 3.70. The summed E-state index contributed by atoms with van der Waals surface area (Å²) >= 11 is 5.92. The first-order valence-electron chi connectivity index (χ1n) is 10.5. The third kappa shape index (κ3) is 6.67. The van der Waals surface area contributed by atoms with Crippen LogP contribution < -0.4 is 10.6 Å². The minimum absolute atomic E-state index is 0.168. The summed E-state index contributed by atoms with van der Waals surface area (Å²) in [6.07, 6.45) is 0.360. The number of likely N-dealkylation sites (N-methyl/N-ethyl adjacent to an activating group) is 1. The SMILES string of the molecule is CNC(=O)c1ccc(CN(C)C(=O)[C@H](Cc2ccccc2)NC(=O)c2ccc(Cl)cc2)cc1. The van der Waals surface area contributed by atoms with Gasteiger partial charge in [0.2, 0.25) is 5.91 Å². The van der Waals surface area contributed by atoms with Gasteiger partial charge in [-0.25, -0.2) is 0 Å². The number of amides is 3. The van der Waals surface area contributed by atoms with Crippen molar-refractivity contribution in [3.63, 3.8) is 0 Å². The molecule has 0 aliphatic rings. The van der Waals surface area contributed by atoms with Crippen molar-refractivity contribution in [1.82, 2.24) is 15.5 Å². The van der Waals surface area contributed by atoms with E-state index in [1.165, 1.54) is 0 Å². The zero-order chi connectivity index (χ0) is 23.8. The van der Waals surface area contributed by atoms with Crippen LogP contribution in [0.2, 0.25) is 5.02 Å². The maximum atomic E-state index is 13.3. The fourth-order valence-electron chi connectivity index (χ4n) is 3.42. The largest absolute Gasteiger partial charge is 0.355 e. The van der Waals surface area contributed by atoms with Crippen molar-refractivity contribution in [2.45, 2.75) is 19.0 Å². The van der Waals surface area contributed by atoms with Gasteiger partial charge in [-0.15, -0.1) is 0 Å². The topological polar surface area (TPSA) is 78.5 Å². The number of nitrogens with zero attached hydrogens (tertiary/aromatic N) is 1. The molecule has 3 amide bonds. The van der Waals surface area contributed by atoms with Crippen molar-refractivity contribution < 1.29 is 14.4 Å². The van der Waals surface area contributed by atoms with Crippen LogP contribution in [0.4, 0.5) is 0 Å². The number of rotatable bonds is 8. The smallest absolute Gasteiger partial charge is 0.251 e. The van der Waals surface area contributed by atoms with Gasteiger partial charge in [-0.05, 0) is 47.5 Å². The number of hydrogen-bond acceptors (Lipinski definition) is 3. The summed E-state index contributed by atoms with van der Waals surface area (Å²) in [5, 5.41) is 5.99. The van der Waals surface area contributed by atoms with Crippen LogP contribution in [0.3, 0.4) is 0 Å². The molecule has 0 bridgehead atoms. The van der Waals surface area contributed by atoms with Crippen molar-refractivity contribution in [2.24, 2.45) is 0 Å². The van der Waals surface area contributed by atoms with Crippen LogP contribution in [-0.2, 0) is 17.8 Å². The van der Waals surface area contributed by atoms with E-state index in [1.54, 1.807) is 55.4 Å². The van der Waals surface area contributed by atoms with E-state index in [2.05, 4.69) is 10.6 Å². The first-order chi connectivity index (χ1) is 15.9. The second-order valence-corrected chi connectivity index (χ2v) is 8.13. The van der Waals surface area contributed by atoms with E-state index in [-0.39, 0.29) is 17.7 Å². The second kappa shape index (κ2) is 11.3. The fraction of sp³-hybridized carbons (Fsp3) is 0.192. The van der Waals surface area contributed by atoms with E-state index < -0.39 is 6.04 Å². The number of halogens is 1. The monoisotopic (exact) mass is 463 g/mol. The minimum atomic E-state index is -0.745. The molecule has 0 radical (unpaired) electrons. The molecule has 0 saturated heterocycles. The van der Waals surface area contributed by atoms with Crippen LogP contribution in [0.5, 0.6) is 0 Å².